The molecule has 1 aromatic rings. The molecule has 0 aliphatic carbocycles. The maximum atomic E-state index is 12.1. The third-order valence-corrected chi connectivity index (χ3v) is 3.53. The lowest BCUT2D eigenvalue weighted by Gasteiger charge is -2.19. The molecule has 1 amide bonds. The summed E-state index contributed by atoms with van der Waals surface area (Å²) in [7, 11) is 1.55. The van der Waals surface area contributed by atoms with E-state index in [0.717, 1.165) is 12.8 Å². The van der Waals surface area contributed by atoms with Crippen molar-refractivity contribution in [1.82, 2.24) is 5.32 Å². The van der Waals surface area contributed by atoms with Crippen LogP contribution in [0, 0.1) is 0 Å². The molecule has 1 aromatic carbocycles. The number of anilines is 1. The van der Waals surface area contributed by atoms with Crippen molar-refractivity contribution in [2.75, 3.05) is 19.0 Å². The van der Waals surface area contributed by atoms with Gasteiger partial charge in [-0.1, -0.05) is 11.6 Å². The van der Waals surface area contributed by atoms with Crippen LogP contribution < -0.4 is 15.4 Å². The largest absolute Gasteiger partial charge is 0.495 e. The first-order chi connectivity index (χ1) is 10.5. The number of carbonyl (C=O) groups is 1. The van der Waals surface area contributed by atoms with E-state index in [-0.39, 0.29) is 24.6 Å². The van der Waals surface area contributed by atoms with Crippen LogP contribution in [-0.2, 0) is 4.79 Å². The van der Waals surface area contributed by atoms with Gasteiger partial charge in [-0.05, 0) is 44.9 Å². The smallest absolute Gasteiger partial charge is 0.226 e. The summed E-state index contributed by atoms with van der Waals surface area (Å²) in [6.07, 6.45) is 1.98. The molecule has 0 fully saturated rings. The molecule has 0 heterocycles. The van der Waals surface area contributed by atoms with Crippen molar-refractivity contribution < 1.29 is 14.6 Å². The van der Waals surface area contributed by atoms with Crippen molar-refractivity contribution in [2.24, 2.45) is 0 Å². The van der Waals surface area contributed by atoms with Gasteiger partial charge in [0.1, 0.15) is 5.75 Å². The highest BCUT2D eigenvalue weighted by molar-refractivity contribution is 6.31. The fourth-order valence-corrected chi connectivity index (χ4v) is 2.45. The van der Waals surface area contributed by atoms with Gasteiger partial charge in [0.05, 0.1) is 12.8 Å². The van der Waals surface area contributed by atoms with Crippen molar-refractivity contribution in [3.05, 3.63) is 23.2 Å². The summed E-state index contributed by atoms with van der Waals surface area (Å²) in [5.41, 5.74) is 0.570. The molecule has 0 spiro atoms. The monoisotopic (exact) mass is 328 g/mol. The number of carbonyl (C=O) groups excluding carboxylic acids is 1. The summed E-state index contributed by atoms with van der Waals surface area (Å²) >= 11 is 5.94. The molecule has 6 heteroatoms. The second-order valence-electron chi connectivity index (χ2n) is 5.43. The van der Waals surface area contributed by atoms with E-state index >= 15 is 0 Å². The molecule has 0 radical (unpaired) electrons. The number of rotatable bonds is 9. The van der Waals surface area contributed by atoms with E-state index in [1.807, 2.05) is 13.8 Å². The molecule has 0 aliphatic rings. The lowest BCUT2D eigenvalue weighted by atomic mass is 10.1. The van der Waals surface area contributed by atoms with Crippen LogP contribution in [0.15, 0.2) is 18.2 Å². The topological polar surface area (TPSA) is 70.6 Å². The maximum Gasteiger partial charge on any atom is 0.226 e. The summed E-state index contributed by atoms with van der Waals surface area (Å²) in [4.78, 5) is 12.1. The van der Waals surface area contributed by atoms with E-state index in [4.69, 9.17) is 21.4 Å². The molecule has 3 N–H and O–H groups in total. The first kappa shape index (κ1) is 18.7. The average molecular weight is 329 g/mol. The SMILES string of the molecule is COc1ccc(Cl)cc1NC(=O)CC(C)NC(C)CCCO. The van der Waals surface area contributed by atoms with Gasteiger partial charge >= 0.3 is 0 Å². The van der Waals surface area contributed by atoms with Crippen LogP contribution in [0.25, 0.3) is 0 Å². The first-order valence-electron chi connectivity index (χ1n) is 7.46. The molecule has 2 atom stereocenters. The van der Waals surface area contributed by atoms with Gasteiger partial charge in [0.2, 0.25) is 5.91 Å². The number of methoxy groups -OCH3 is 1. The summed E-state index contributed by atoms with van der Waals surface area (Å²) in [6, 6.07) is 5.40. The van der Waals surface area contributed by atoms with E-state index < -0.39 is 0 Å². The standard InChI is InChI=1S/C16H25ClN2O3/c1-11(5-4-8-20)18-12(2)9-16(21)19-14-10-13(17)6-7-15(14)22-3/h6-7,10-12,18,20H,4-5,8-9H2,1-3H3,(H,19,21). The van der Waals surface area contributed by atoms with Gasteiger partial charge in [0.25, 0.3) is 0 Å². The van der Waals surface area contributed by atoms with Crippen LogP contribution in [-0.4, -0.2) is 36.8 Å². The fraction of sp³-hybridized carbons (Fsp3) is 0.562. The molecule has 5 nitrogen and oxygen atoms in total. The van der Waals surface area contributed by atoms with E-state index in [1.165, 1.54) is 0 Å². The molecule has 0 bridgehead atoms. The Kier molecular flexibility index (Phi) is 8.24. The highest BCUT2D eigenvalue weighted by Crippen LogP contribution is 2.27. The Morgan fingerprint density at radius 1 is 1.36 bits per heavy atom. The fourth-order valence-electron chi connectivity index (χ4n) is 2.28. The number of halogens is 1. The molecule has 124 valence electrons. The Labute approximate surface area is 137 Å². The maximum absolute atomic E-state index is 12.1. The Bertz CT molecular complexity index is 482. The number of amides is 1. The minimum Gasteiger partial charge on any atom is -0.495 e. The minimum atomic E-state index is -0.102. The number of aliphatic hydroxyl groups is 1. The van der Waals surface area contributed by atoms with Gasteiger partial charge in [0.15, 0.2) is 0 Å². The van der Waals surface area contributed by atoms with Crippen molar-refractivity contribution in [2.45, 2.75) is 45.2 Å². The van der Waals surface area contributed by atoms with Crippen LogP contribution in [0.2, 0.25) is 5.02 Å². The Balaban J connectivity index is 2.50. The molecular weight excluding hydrogens is 304 g/mol. The van der Waals surface area contributed by atoms with Crippen LogP contribution in [0.1, 0.15) is 33.1 Å². The minimum absolute atomic E-state index is 0.0406. The number of aliphatic hydroxyl groups excluding tert-OH is 1. The normalized spacial score (nSPS) is 13.5. The van der Waals surface area contributed by atoms with Crippen molar-refractivity contribution in [1.29, 1.82) is 0 Å². The molecule has 0 saturated carbocycles. The molecule has 0 saturated heterocycles. The molecular formula is C16H25ClN2O3. The van der Waals surface area contributed by atoms with Crippen molar-refractivity contribution >= 4 is 23.2 Å². The van der Waals surface area contributed by atoms with E-state index in [1.54, 1.807) is 25.3 Å². The first-order valence-corrected chi connectivity index (χ1v) is 7.84. The highest BCUT2D eigenvalue weighted by Gasteiger charge is 2.13. The highest BCUT2D eigenvalue weighted by atomic mass is 35.5. The quantitative estimate of drug-likeness (QED) is 0.652. The lowest BCUT2D eigenvalue weighted by Crippen LogP contribution is -2.37. The Morgan fingerprint density at radius 3 is 2.73 bits per heavy atom. The van der Waals surface area contributed by atoms with Crippen molar-refractivity contribution in [3.63, 3.8) is 0 Å². The predicted molar refractivity (Wildman–Crippen MR) is 89.6 cm³/mol. The van der Waals surface area contributed by atoms with E-state index in [9.17, 15) is 4.79 Å². The molecule has 22 heavy (non-hydrogen) atoms. The second-order valence-corrected chi connectivity index (χ2v) is 5.87. The zero-order chi connectivity index (χ0) is 16.5. The Hall–Kier alpha value is -1.30. The summed E-state index contributed by atoms with van der Waals surface area (Å²) in [5, 5.41) is 15.5. The van der Waals surface area contributed by atoms with Gasteiger partial charge in [-0.15, -0.1) is 0 Å². The average Bonchev–Trinajstić information content (AvgIpc) is 2.45. The molecule has 1 rings (SSSR count). The Morgan fingerprint density at radius 2 is 2.09 bits per heavy atom. The molecule has 0 aromatic heterocycles. The van der Waals surface area contributed by atoms with Crippen LogP contribution in [0.4, 0.5) is 5.69 Å². The number of ether oxygens (including phenoxy) is 1. The third kappa shape index (κ3) is 6.64. The third-order valence-electron chi connectivity index (χ3n) is 3.29. The van der Waals surface area contributed by atoms with Gasteiger partial charge < -0.3 is 20.5 Å². The number of benzene rings is 1. The van der Waals surface area contributed by atoms with Crippen LogP contribution in [0.5, 0.6) is 5.75 Å². The van der Waals surface area contributed by atoms with Gasteiger partial charge in [-0.25, -0.2) is 0 Å². The predicted octanol–water partition coefficient (Wildman–Crippen LogP) is 2.82. The lowest BCUT2D eigenvalue weighted by molar-refractivity contribution is -0.116. The summed E-state index contributed by atoms with van der Waals surface area (Å²) in [5.74, 6) is 0.476. The van der Waals surface area contributed by atoms with E-state index in [2.05, 4.69) is 10.6 Å². The van der Waals surface area contributed by atoms with Crippen LogP contribution in [0.3, 0.4) is 0 Å². The van der Waals surface area contributed by atoms with Gasteiger partial charge in [-0.2, -0.15) is 0 Å². The number of nitrogens with one attached hydrogen (secondary N) is 2. The summed E-state index contributed by atoms with van der Waals surface area (Å²) < 4.78 is 5.20. The number of hydrogen-bond acceptors (Lipinski definition) is 4. The zero-order valence-corrected chi connectivity index (χ0v) is 14.1. The van der Waals surface area contributed by atoms with Crippen molar-refractivity contribution in [3.8, 4) is 5.75 Å². The molecule has 2 unspecified atom stereocenters. The number of hydrogen-bond donors (Lipinski definition) is 3. The van der Waals surface area contributed by atoms with Gasteiger partial charge in [-0.3, -0.25) is 4.79 Å². The molecule has 0 aliphatic heterocycles. The van der Waals surface area contributed by atoms with Crippen LogP contribution >= 0.6 is 11.6 Å². The summed E-state index contributed by atoms with van der Waals surface area (Å²) in [6.45, 7) is 4.20. The zero-order valence-electron chi connectivity index (χ0n) is 13.4. The van der Waals surface area contributed by atoms with Gasteiger partial charge in [0, 0.05) is 30.1 Å². The van der Waals surface area contributed by atoms with E-state index in [0.29, 0.717) is 22.9 Å². The second kappa shape index (κ2) is 9.66.